The molecule has 1 heteroatoms. The van der Waals surface area contributed by atoms with E-state index in [1.165, 1.54) is 25.7 Å². The predicted molar refractivity (Wildman–Crippen MR) is 50.8 cm³/mol. The van der Waals surface area contributed by atoms with Crippen molar-refractivity contribution in [3.05, 3.63) is 12.2 Å². The molecule has 1 unspecified atom stereocenters. The molecule has 1 atom stereocenters. The fourth-order valence-electron chi connectivity index (χ4n) is 1.42. The van der Waals surface area contributed by atoms with Crippen molar-refractivity contribution in [3.8, 4) is 12.3 Å². The summed E-state index contributed by atoms with van der Waals surface area (Å²) < 4.78 is 5.44. The largest absolute Gasteiger partial charge is 0.362 e. The van der Waals surface area contributed by atoms with E-state index in [1.807, 2.05) is 0 Å². The van der Waals surface area contributed by atoms with Gasteiger partial charge in [0, 0.05) is 0 Å². The zero-order valence-electron chi connectivity index (χ0n) is 7.46. The Hall–Kier alpha value is -0.740. The fourth-order valence-corrected chi connectivity index (χ4v) is 1.42. The fraction of sp³-hybridized carbons (Fsp3) is 0.636. The summed E-state index contributed by atoms with van der Waals surface area (Å²) in [4.78, 5) is 0. The van der Waals surface area contributed by atoms with Crippen LogP contribution >= 0.6 is 0 Å². The molecule has 0 aromatic heterocycles. The molecular weight excluding hydrogens is 148 g/mol. The molecule has 66 valence electrons. The summed E-state index contributed by atoms with van der Waals surface area (Å²) in [5.74, 6) is 2.49. The Morgan fingerprint density at radius 2 is 2.33 bits per heavy atom. The highest BCUT2D eigenvalue weighted by atomic mass is 16.5. The highest BCUT2D eigenvalue weighted by molar-refractivity contribution is 4.93. The van der Waals surface area contributed by atoms with E-state index in [2.05, 4.69) is 18.1 Å². The molecule has 0 heterocycles. The van der Waals surface area contributed by atoms with E-state index < -0.39 is 0 Å². The lowest BCUT2D eigenvalue weighted by atomic mass is 10.0. The summed E-state index contributed by atoms with van der Waals surface area (Å²) in [7, 11) is 0. The van der Waals surface area contributed by atoms with Crippen molar-refractivity contribution in [3.63, 3.8) is 0 Å². The van der Waals surface area contributed by atoms with Crippen LogP contribution in [0.15, 0.2) is 12.2 Å². The first-order chi connectivity index (χ1) is 5.93. The van der Waals surface area contributed by atoms with Crippen LogP contribution in [0.4, 0.5) is 0 Å². The van der Waals surface area contributed by atoms with Gasteiger partial charge in [0.05, 0.1) is 6.10 Å². The third-order valence-corrected chi connectivity index (χ3v) is 2.09. The molecule has 1 rings (SSSR count). The quantitative estimate of drug-likeness (QED) is 0.450. The lowest BCUT2D eigenvalue weighted by Crippen LogP contribution is -2.11. The van der Waals surface area contributed by atoms with E-state index in [-0.39, 0.29) is 6.10 Å². The van der Waals surface area contributed by atoms with Crippen LogP contribution < -0.4 is 0 Å². The van der Waals surface area contributed by atoms with Crippen molar-refractivity contribution in [1.29, 1.82) is 0 Å². The van der Waals surface area contributed by atoms with Gasteiger partial charge < -0.3 is 4.74 Å². The number of ether oxygens (including phenoxy) is 1. The Bertz CT molecular complexity index is 176. The van der Waals surface area contributed by atoms with Crippen LogP contribution in [0, 0.1) is 12.3 Å². The Morgan fingerprint density at radius 3 is 3.17 bits per heavy atom. The molecule has 0 N–H and O–H groups in total. The van der Waals surface area contributed by atoms with Crippen LogP contribution in [0.5, 0.6) is 0 Å². The summed E-state index contributed by atoms with van der Waals surface area (Å²) in [6.45, 7) is 0.439. The van der Waals surface area contributed by atoms with Crippen LogP contribution in [0.2, 0.25) is 0 Å². The molecule has 0 amide bonds. The van der Waals surface area contributed by atoms with Gasteiger partial charge in [-0.2, -0.15) is 0 Å². The second kappa shape index (κ2) is 5.85. The number of allylic oxidation sites excluding steroid dienone is 1. The first-order valence-corrected chi connectivity index (χ1v) is 4.65. The predicted octanol–water partition coefficient (Wildman–Crippen LogP) is 2.53. The second-order valence-corrected chi connectivity index (χ2v) is 3.12. The van der Waals surface area contributed by atoms with Crippen molar-refractivity contribution < 1.29 is 4.74 Å². The standard InChI is InChI=1S/C11H16O/c1-2-10-12-11-8-6-4-3-5-7-9-11/h1,6,8,11H,3-5,7,9-10H2/b8-6-. The molecule has 0 bridgehead atoms. The van der Waals surface area contributed by atoms with E-state index in [0.29, 0.717) is 6.61 Å². The van der Waals surface area contributed by atoms with Gasteiger partial charge in [-0.25, -0.2) is 0 Å². The number of terminal acetylenes is 1. The minimum absolute atomic E-state index is 0.265. The number of hydrogen-bond acceptors (Lipinski definition) is 1. The van der Waals surface area contributed by atoms with Gasteiger partial charge in [0.1, 0.15) is 6.61 Å². The van der Waals surface area contributed by atoms with Gasteiger partial charge in [-0.15, -0.1) is 6.42 Å². The average molecular weight is 164 g/mol. The molecule has 0 aromatic rings. The van der Waals surface area contributed by atoms with Crippen LogP contribution in [-0.4, -0.2) is 12.7 Å². The van der Waals surface area contributed by atoms with E-state index in [1.54, 1.807) is 0 Å². The molecule has 0 saturated heterocycles. The van der Waals surface area contributed by atoms with E-state index in [0.717, 1.165) is 6.42 Å². The van der Waals surface area contributed by atoms with Gasteiger partial charge >= 0.3 is 0 Å². The lowest BCUT2D eigenvalue weighted by molar-refractivity contribution is 0.103. The van der Waals surface area contributed by atoms with Crippen LogP contribution in [-0.2, 0) is 4.74 Å². The van der Waals surface area contributed by atoms with Crippen molar-refractivity contribution in [2.24, 2.45) is 0 Å². The molecular formula is C11H16O. The number of hydrogen-bond donors (Lipinski definition) is 0. The smallest absolute Gasteiger partial charge is 0.108 e. The maximum absolute atomic E-state index is 5.44. The van der Waals surface area contributed by atoms with E-state index in [9.17, 15) is 0 Å². The van der Waals surface area contributed by atoms with Crippen LogP contribution in [0.25, 0.3) is 0 Å². The molecule has 12 heavy (non-hydrogen) atoms. The second-order valence-electron chi connectivity index (χ2n) is 3.12. The van der Waals surface area contributed by atoms with Gasteiger partial charge in [-0.1, -0.05) is 30.9 Å². The maximum Gasteiger partial charge on any atom is 0.108 e. The van der Waals surface area contributed by atoms with E-state index >= 15 is 0 Å². The zero-order chi connectivity index (χ0) is 8.65. The Balaban J connectivity index is 2.29. The molecule has 0 aromatic carbocycles. The highest BCUT2D eigenvalue weighted by Gasteiger charge is 2.05. The molecule has 1 aliphatic rings. The minimum atomic E-state index is 0.265. The minimum Gasteiger partial charge on any atom is -0.362 e. The summed E-state index contributed by atoms with van der Waals surface area (Å²) >= 11 is 0. The van der Waals surface area contributed by atoms with Gasteiger partial charge in [0.15, 0.2) is 0 Å². The third kappa shape index (κ3) is 3.59. The Morgan fingerprint density at radius 1 is 1.42 bits per heavy atom. The molecule has 0 radical (unpaired) electrons. The summed E-state index contributed by atoms with van der Waals surface area (Å²) in [5.41, 5.74) is 0. The van der Waals surface area contributed by atoms with Gasteiger partial charge in [-0.05, 0) is 19.3 Å². The molecule has 0 saturated carbocycles. The summed E-state index contributed by atoms with van der Waals surface area (Å²) in [5, 5.41) is 0. The van der Waals surface area contributed by atoms with Crippen molar-refractivity contribution in [2.75, 3.05) is 6.61 Å². The Kier molecular flexibility index (Phi) is 4.56. The highest BCUT2D eigenvalue weighted by Crippen LogP contribution is 2.13. The van der Waals surface area contributed by atoms with Crippen molar-refractivity contribution in [1.82, 2.24) is 0 Å². The van der Waals surface area contributed by atoms with Gasteiger partial charge in [0.2, 0.25) is 0 Å². The monoisotopic (exact) mass is 164 g/mol. The summed E-state index contributed by atoms with van der Waals surface area (Å²) in [6.07, 6.45) is 16.0. The molecule has 0 aliphatic heterocycles. The molecule has 1 aliphatic carbocycles. The first-order valence-electron chi connectivity index (χ1n) is 4.65. The SMILES string of the molecule is C#CCOC1/C=C\CCCCC1. The van der Waals surface area contributed by atoms with Gasteiger partial charge in [-0.3, -0.25) is 0 Å². The van der Waals surface area contributed by atoms with Crippen molar-refractivity contribution in [2.45, 2.75) is 38.2 Å². The van der Waals surface area contributed by atoms with Crippen LogP contribution in [0.3, 0.4) is 0 Å². The van der Waals surface area contributed by atoms with Crippen LogP contribution in [0.1, 0.15) is 32.1 Å². The molecule has 1 nitrogen and oxygen atoms in total. The van der Waals surface area contributed by atoms with Gasteiger partial charge in [0.25, 0.3) is 0 Å². The van der Waals surface area contributed by atoms with Crippen molar-refractivity contribution >= 4 is 0 Å². The normalized spacial score (nSPS) is 26.8. The maximum atomic E-state index is 5.44. The molecule has 0 spiro atoms. The summed E-state index contributed by atoms with van der Waals surface area (Å²) in [6, 6.07) is 0. The first kappa shape index (κ1) is 9.35. The Labute approximate surface area is 74.8 Å². The number of rotatable bonds is 2. The lowest BCUT2D eigenvalue weighted by Gasteiger charge is -2.14. The third-order valence-electron chi connectivity index (χ3n) is 2.09. The topological polar surface area (TPSA) is 9.23 Å². The van der Waals surface area contributed by atoms with E-state index in [4.69, 9.17) is 11.2 Å². The average Bonchev–Trinajstić information content (AvgIpc) is 2.02. The molecule has 0 fully saturated rings. The zero-order valence-corrected chi connectivity index (χ0v) is 7.46.